The molecule has 6 heteroatoms. The number of aromatic nitrogens is 1. The van der Waals surface area contributed by atoms with E-state index >= 15 is 0 Å². The van der Waals surface area contributed by atoms with Crippen molar-refractivity contribution in [2.75, 3.05) is 0 Å². The lowest BCUT2D eigenvalue weighted by Gasteiger charge is -2.28. The Morgan fingerprint density at radius 2 is 1.76 bits per heavy atom. The minimum absolute atomic E-state index is 0.0724. The average Bonchev–Trinajstić information content (AvgIpc) is 3.06. The van der Waals surface area contributed by atoms with Gasteiger partial charge in [-0.25, -0.2) is 8.42 Å². The van der Waals surface area contributed by atoms with E-state index in [1.165, 1.54) is 0 Å². The molecule has 0 aliphatic rings. The predicted molar refractivity (Wildman–Crippen MR) is 116 cm³/mol. The van der Waals surface area contributed by atoms with Gasteiger partial charge in [-0.3, -0.25) is 5.32 Å². The van der Waals surface area contributed by atoms with Gasteiger partial charge in [-0.05, 0) is 75.6 Å². The first-order chi connectivity index (χ1) is 13.7. The van der Waals surface area contributed by atoms with E-state index in [4.69, 9.17) is 4.74 Å². The van der Waals surface area contributed by atoms with Crippen molar-refractivity contribution in [1.29, 1.82) is 0 Å². The SMILES string of the molecule is CCc1cn2ccccc2c1S(=O)(=O)c1ccc(OC(CC)NC(C)(C)C)cc1. The molecule has 1 aromatic carbocycles. The van der Waals surface area contributed by atoms with Crippen LogP contribution in [0.15, 0.2) is 64.6 Å². The van der Waals surface area contributed by atoms with Crippen molar-refractivity contribution in [3.8, 4) is 5.75 Å². The van der Waals surface area contributed by atoms with E-state index in [0.717, 1.165) is 12.0 Å². The van der Waals surface area contributed by atoms with Gasteiger partial charge in [0.25, 0.3) is 0 Å². The summed E-state index contributed by atoms with van der Waals surface area (Å²) >= 11 is 0. The molecule has 0 fully saturated rings. The second-order valence-corrected chi connectivity index (χ2v) is 10.1. The normalized spacial score (nSPS) is 13.6. The average molecular weight is 415 g/mol. The van der Waals surface area contributed by atoms with Gasteiger partial charge in [-0.2, -0.15) is 0 Å². The number of pyridine rings is 1. The largest absolute Gasteiger partial charge is 0.475 e. The van der Waals surface area contributed by atoms with E-state index in [9.17, 15) is 8.42 Å². The van der Waals surface area contributed by atoms with Crippen LogP contribution in [-0.2, 0) is 16.3 Å². The maximum atomic E-state index is 13.4. The number of fused-ring (bicyclic) bond motifs is 1. The third kappa shape index (κ3) is 4.65. The molecule has 0 amide bonds. The number of nitrogens with one attached hydrogen (secondary N) is 1. The van der Waals surface area contributed by atoms with Crippen LogP contribution in [0.4, 0.5) is 0 Å². The van der Waals surface area contributed by atoms with Crippen LogP contribution in [-0.4, -0.2) is 24.6 Å². The van der Waals surface area contributed by atoms with Crippen molar-refractivity contribution in [2.24, 2.45) is 0 Å². The van der Waals surface area contributed by atoms with Gasteiger partial charge in [-0.1, -0.05) is 19.9 Å². The first-order valence-corrected chi connectivity index (χ1v) is 11.5. The molecule has 0 radical (unpaired) electrons. The van der Waals surface area contributed by atoms with Crippen molar-refractivity contribution >= 4 is 15.4 Å². The van der Waals surface area contributed by atoms with Crippen molar-refractivity contribution in [3.63, 3.8) is 0 Å². The molecule has 0 saturated heterocycles. The lowest BCUT2D eigenvalue weighted by molar-refractivity contribution is 0.126. The highest BCUT2D eigenvalue weighted by molar-refractivity contribution is 7.91. The van der Waals surface area contributed by atoms with Crippen molar-refractivity contribution in [1.82, 2.24) is 9.72 Å². The molecule has 3 aromatic rings. The molecule has 0 aliphatic carbocycles. The fraction of sp³-hybridized carbons (Fsp3) is 0.391. The van der Waals surface area contributed by atoms with Gasteiger partial charge in [0.2, 0.25) is 9.84 Å². The summed E-state index contributed by atoms with van der Waals surface area (Å²) in [5.41, 5.74) is 1.44. The van der Waals surface area contributed by atoms with Crippen molar-refractivity contribution in [3.05, 3.63) is 60.4 Å². The first-order valence-electron chi connectivity index (χ1n) is 10.0. The zero-order chi connectivity index (χ0) is 21.2. The third-order valence-corrected chi connectivity index (χ3v) is 6.64. The molecule has 1 N–H and O–H groups in total. The van der Waals surface area contributed by atoms with E-state index < -0.39 is 9.84 Å². The van der Waals surface area contributed by atoms with Gasteiger partial charge in [0.05, 0.1) is 10.4 Å². The number of hydrogen-bond donors (Lipinski definition) is 1. The van der Waals surface area contributed by atoms with Gasteiger partial charge in [0.1, 0.15) is 16.9 Å². The van der Waals surface area contributed by atoms with Crippen LogP contribution in [0.1, 0.15) is 46.6 Å². The summed E-state index contributed by atoms with van der Waals surface area (Å²) in [6, 6.07) is 12.3. The van der Waals surface area contributed by atoms with Gasteiger partial charge in [-0.15, -0.1) is 0 Å². The van der Waals surface area contributed by atoms with Crippen molar-refractivity contribution < 1.29 is 13.2 Å². The number of ether oxygens (including phenoxy) is 1. The zero-order valence-electron chi connectivity index (χ0n) is 17.8. The summed E-state index contributed by atoms with van der Waals surface area (Å²) in [5, 5.41) is 3.41. The molecule has 29 heavy (non-hydrogen) atoms. The Kier molecular flexibility index (Phi) is 6.05. The Morgan fingerprint density at radius 1 is 1.07 bits per heavy atom. The van der Waals surface area contributed by atoms with Gasteiger partial charge in [0, 0.05) is 17.9 Å². The number of sulfone groups is 1. The fourth-order valence-electron chi connectivity index (χ4n) is 3.39. The molecule has 2 aromatic heterocycles. The van der Waals surface area contributed by atoms with Gasteiger partial charge < -0.3 is 9.14 Å². The first kappa shape index (κ1) is 21.4. The Balaban J connectivity index is 1.92. The van der Waals surface area contributed by atoms with Gasteiger partial charge in [0.15, 0.2) is 0 Å². The van der Waals surface area contributed by atoms with E-state index in [-0.39, 0.29) is 16.7 Å². The topological polar surface area (TPSA) is 59.8 Å². The molecule has 0 spiro atoms. The highest BCUT2D eigenvalue weighted by atomic mass is 32.2. The minimum Gasteiger partial charge on any atom is -0.475 e. The monoisotopic (exact) mass is 414 g/mol. The fourth-order valence-corrected chi connectivity index (χ4v) is 5.11. The molecule has 0 aliphatic heterocycles. The summed E-state index contributed by atoms with van der Waals surface area (Å²) < 4.78 is 34.7. The Hall–Kier alpha value is -2.31. The van der Waals surface area contributed by atoms with Crippen LogP contribution in [0.5, 0.6) is 5.75 Å². The van der Waals surface area contributed by atoms with Crippen LogP contribution in [0.3, 0.4) is 0 Å². The highest BCUT2D eigenvalue weighted by Gasteiger charge is 2.25. The smallest absolute Gasteiger partial charge is 0.208 e. The summed E-state index contributed by atoms with van der Waals surface area (Å²) in [4.78, 5) is 0.656. The molecule has 3 rings (SSSR count). The lowest BCUT2D eigenvalue weighted by Crippen LogP contribution is -2.46. The summed E-state index contributed by atoms with van der Waals surface area (Å²) in [5.74, 6) is 0.644. The third-order valence-electron chi connectivity index (χ3n) is 4.74. The maximum Gasteiger partial charge on any atom is 0.208 e. The Labute approximate surface area is 173 Å². The Bertz CT molecular complexity index is 1080. The lowest BCUT2D eigenvalue weighted by atomic mass is 10.1. The zero-order valence-corrected chi connectivity index (χ0v) is 18.6. The summed E-state index contributed by atoms with van der Waals surface area (Å²) in [6.45, 7) is 10.3. The summed E-state index contributed by atoms with van der Waals surface area (Å²) in [7, 11) is -3.64. The van der Waals surface area contributed by atoms with Crippen LogP contribution >= 0.6 is 0 Å². The minimum atomic E-state index is -3.64. The number of aryl methyl sites for hydroxylation is 1. The van der Waals surface area contributed by atoms with Crippen LogP contribution in [0.2, 0.25) is 0 Å². The van der Waals surface area contributed by atoms with Crippen LogP contribution in [0.25, 0.3) is 5.52 Å². The molecular weight excluding hydrogens is 384 g/mol. The van der Waals surface area contributed by atoms with E-state index in [1.807, 2.05) is 48.8 Å². The second-order valence-electron chi connectivity index (χ2n) is 8.21. The molecule has 0 saturated carbocycles. The quantitative estimate of drug-likeness (QED) is 0.562. The standard InChI is InChI=1S/C23H30N2O3S/c1-6-17-16-25-15-9-8-10-20(25)22(17)29(26,27)19-13-11-18(12-14-19)28-21(7-2)24-23(3,4)5/h8-16,21,24H,6-7H2,1-5H3. The molecule has 2 heterocycles. The molecule has 0 bridgehead atoms. The molecule has 5 nitrogen and oxygen atoms in total. The second kappa shape index (κ2) is 8.20. The summed E-state index contributed by atoms with van der Waals surface area (Å²) in [6.07, 6.45) is 5.07. The number of hydrogen-bond acceptors (Lipinski definition) is 4. The molecular formula is C23H30N2O3S. The van der Waals surface area contributed by atoms with Crippen LogP contribution < -0.4 is 10.1 Å². The Morgan fingerprint density at radius 3 is 2.34 bits per heavy atom. The molecule has 1 atom stereocenters. The number of benzene rings is 1. The number of rotatable bonds is 7. The van der Waals surface area contributed by atoms with E-state index in [2.05, 4.69) is 26.1 Å². The number of nitrogens with zero attached hydrogens (tertiary/aromatic N) is 1. The van der Waals surface area contributed by atoms with Crippen LogP contribution in [0, 0.1) is 0 Å². The molecule has 156 valence electrons. The van der Waals surface area contributed by atoms with Gasteiger partial charge >= 0.3 is 0 Å². The predicted octanol–water partition coefficient (Wildman–Crippen LogP) is 4.84. The maximum absolute atomic E-state index is 13.4. The van der Waals surface area contributed by atoms with E-state index in [1.54, 1.807) is 24.3 Å². The molecule has 1 unspecified atom stereocenters. The van der Waals surface area contributed by atoms with E-state index in [0.29, 0.717) is 22.6 Å². The highest BCUT2D eigenvalue weighted by Crippen LogP contribution is 2.31. The van der Waals surface area contributed by atoms with Crippen molar-refractivity contribution in [2.45, 2.75) is 69.0 Å².